The molecule has 2 heterocycles. The first-order valence-corrected chi connectivity index (χ1v) is 8.94. The standard InChI is InChI=1S/C19H19N3O2S/c1-14-4-6-15(7-5-14)13-18(23)20-10-11-22-19(24)9-8-16(21-22)17-3-2-12-25-17/h2-9,12H,10-11,13H2,1H3,(H,20,23). The van der Waals surface area contributed by atoms with Crippen molar-refractivity contribution < 1.29 is 4.79 Å². The topological polar surface area (TPSA) is 64.0 Å². The first kappa shape index (κ1) is 17.1. The molecule has 0 saturated carbocycles. The Morgan fingerprint density at radius 2 is 1.96 bits per heavy atom. The van der Waals surface area contributed by atoms with Crippen LogP contribution in [0.3, 0.4) is 0 Å². The molecule has 5 nitrogen and oxygen atoms in total. The van der Waals surface area contributed by atoms with E-state index in [2.05, 4.69) is 10.4 Å². The van der Waals surface area contributed by atoms with Crippen molar-refractivity contribution in [2.45, 2.75) is 19.9 Å². The number of rotatable bonds is 6. The number of carbonyl (C=O) groups is 1. The van der Waals surface area contributed by atoms with Gasteiger partial charge in [-0.15, -0.1) is 11.3 Å². The highest BCUT2D eigenvalue weighted by molar-refractivity contribution is 7.13. The zero-order chi connectivity index (χ0) is 17.6. The van der Waals surface area contributed by atoms with E-state index in [4.69, 9.17) is 0 Å². The Kier molecular flexibility index (Phi) is 5.40. The quantitative estimate of drug-likeness (QED) is 0.741. The summed E-state index contributed by atoms with van der Waals surface area (Å²) in [6.07, 6.45) is 0.331. The molecule has 6 heteroatoms. The van der Waals surface area contributed by atoms with E-state index in [9.17, 15) is 9.59 Å². The Balaban J connectivity index is 1.56. The average Bonchev–Trinajstić information content (AvgIpc) is 3.13. The predicted octanol–water partition coefficient (Wildman–Crippen LogP) is 2.64. The summed E-state index contributed by atoms with van der Waals surface area (Å²) in [5, 5.41) is 9.18. The molecule has 0 radical (unpaired) electrons. The molecule has 3 aromatic rings. The highest BCUT2D eigenvalue weighted by Crippen LogP contribution is 2.20. The normalized spacial score (nSPS) is 10.6. The van der Waals surface area contributed by atoms with Crippen LogP contribution in [0.15, 0.2) is 58.7 Å². The predicted molar refractivity (Wildman–Crippen MR) is 99.7 cm³/mol. The second-order valence-corrected chi connectivity index (χ2v) is 6.72. The Morgan fingerprint density at radius 3 is 2.68 bits per heavy atom. The van der Waals surface area contributed by atoms with Crippen LogP contribution in [0, 0.1) is 6.92 Å². The smallest absolute Gasteiger partial charge is 0.266 e. The number of benzene rings is 1. The van der Waals surface area contributed by atoms with E-state index in [1.54, 1.807) is 17.4 Å². The molecule has 3 rings (SSSR count). The fraction of sp³-hybridized carbons (Fsp3) is 0.211. The molecule has 128 valence electrons. The molecule has 0 fully saturated rings. The molecule has 1 aromatic carbocycles. The van der Waals surface area contributed by atoms with Crippen LogP contribution in [0.5, 0.6) is 0 Å². The minimum Gasteiger partial charge on any atom is -0.354 e. The van der Waals surface area contributed by atoms with Gasteiger partial charge in [0.05, 0.1) is 17.8 Å². The van der Waals surface area contributed by atoms with Crippen LogP contribution < -0.4 is 10.9 Å². The summed E-state index contributed by atoms with van der Waals surface area (Å²) in [7, 11) is 0. The zero-order valence-corrected chi connectivity index (χ0v) is 14.8. The molecular weight excluding hydrogens is 334 g/mol. The summed E-state index contributed by atoms with van der Waals surface area (Å²) >= 11 is 1.57. The summed E-state index contributed by atoms with van der Waals surface area (Å²) in [6.45, 7) is 2.72. The van der Waals surface area contributed by atoms with Crippen LogP contribution in [0.25, 0.3) is 10.6 Å². The second-order valence-electron chi connectivity index (χ2n) is 5.77. The van der Waals surface area contributed by atoms with Gasteiger partial charge in [-0.25, -0.2) is 4.68 Å². The summed E-state index contributed by atoms with van der Waals surface area (Å²) in [5.74, 6) is -0.0636. The van der Waals surface area contributed by atoms with Crippen LogP contribution in [0.2, 0.25) is 0 Å². The lowest BCUT2D eigenvalue weighted by atomic mass is 10.1. The Hall–Kier alpha value is -2.73. The van der Waals surface area contributed by atoms with E-state index in [1.807, 2.05) is 48.7 Å². The highest BCUT2D eigenvalue weighted by Gasteiger charge is 2.06. The van der Waals surface area contributed by atoms with Crippen LogP contribution >= 0.6 is 11.3 Å². The average molecular weight is 353 g/mol. The van der Waals surface area contributed by atoms with E-state index >= 15 is 0 Å². The molecule has 0 bridgehead atoms. The van der Waals surface area contributed by atoms with Crippen molar-refractivity contribution >= 4 is 17.2 Å². The largest absolute Gasteiger partial charge is 0.354 e. The summed E-state index contributed by atoms with van der Waals surface area (Å²) in [6, 6.07) is 15.0. The number of thiophene rings is 1. The number of nitrogens with zero attached hydrogens (tertiary/aromatic N) is 2. The molecule has 25 heavy (non-hydrogen) atoms. The van der Waals surface area contributed by atoms with Crippen molar-refractivity contribution in [3.05, 3.63) is 75.4 Å². The van der Waals surface area contributed by atoms with Gasteiger partial charge in [-0.05, 0) is 30.0 Å². The monoisotopic (exact) mass is 353 g/mol. The van der Waals surface area contributed by atoms with E-state index in [-0.39, 0.29) is 11.5 Å². The van der Waals surface area contributed by atoms with Crippen LogP contribution in [-0.2, 0) is 17.8 Å². The second kappa shape index (κ2) is 7.90. The number of amides is 1. The fourth-order valence-corrected chi connectivity index (χ4v) is 3.11. The molecule has 0 unspecified atom stereocenters. The van der Waals surface area contributed by atoms with Crippen molar-refractivity contribution in [1.82, 2.24) is 15.1 Å². The maximum absolute atomic E-state index is 12.0. The van der Waals surface area contributed by atoms with E-state index < -0.39 is 0 Å². The molecule has 1 N–H and O–H groups in total. The zero-order valence-electron chi connectivity index (χ0n) is 13.9. The fourth-order valence-electron chi connectivity index (χ4n) is 2.42. The third-order valence-corrected chi connectivity index (χ3v) is 4.66. The lowest BCUT2D eigenvalue weighted by Gasteiger charge is -2.08. The van der Waals surface area contributed by atoms with Gasteiger partial charge >= 0.3 is 0 Å². The summed E-state index contributed by atoms with van der Waals surface area (Å²) in [5.41, 5.74) is 2.73. The molecule has 0 atom stereocenters. The lowest BCUT2D eigenvalue weighted by Crippen LogP contribution is -2.32. The third-order valence-electron chi connectivity index (χ3n) is 3.77. The minimum absolute atomic E-state index is 0.0636. The van der Waals surface area contributed by atoms with Gasteiger partial charge in [-0.2, -0.15) is 5.10 Å². The maximum Gasteiger partial charge on any atom is 0.266 e. The third kappa shape index (κ3) is 4.64. The van der Waals surface area contributed by atoms with Gasteiger partial charge < -0.3 is 5.32 Å². The molecule has 0 aliphatic rings. The number of hydrogen-bond acceptors (Lipinski definition) is 4. The van der Waals surface area contributed by atoms with Crippen molar-refractivity contribution in [3.8, 4) is 10.6 Å². The molecule has 0 aliphatic carbocycles. The van der Waals surface area contributed by atoms with Crippen LogP contribution in [0.1, 0.15) is 11.1 Å². The van der Waals surface area contributed by atoms with Gasteiger partial charge in [-0.1, -0.05) is 35.9 Å². The maximum atomic E-state index is 12.0. The molecule has 2 aromatic heterocycles. The molecular formula is C19H19N3O2S. The highest BCUT2D eigenvalue weighted by atomic mass is 32.1. The van der Waals surface area contributed by atoms with Gasteiger partial charge in [-0.3, -0.25) is 9.59 Å². The minimum atomic E-state index is -0.173. The number of aromatic nitrogens is 2. The van der Waals surface area contributed by atoms with Gasteiger partial charge in [0.2, 0.25) is 5.91 Å². The van der Waals surface area contributed by atoms with Crippen molar-refractivity contribution in [2.24, 2.45) is 0 Å². The first-order chi connectivity index (χ1) is 12.1. The van der Waals surface area contributed by atoms with E-state index in [1.165, 1.54) is 16.3 Å². The van der Waals surface area contributed by atoms with Crippen molar-refractivity contribution in [1.29, 1.82) is 0 Å². The van der Waals surface area contributed by atoms with Crippen LogP contribution in [0.4, 0.5) is 0 Å². The van der Waals surface area contributed by atoms with Crippen LogP contribution in [-0.4, -0.2) is 22.2 Å². The summed E-state index contributed by atoms with van der Waals surface area (Å²) in [4.78, 5) is 25.0. The van der Waals surface area contributed by atoms with Crippen molar-refractivity contribution in [3.63, 3.8) is 0 Å². The molecule has 1 amide bonds. The SMILES string of the molecule is Cc1ccc(CC(=O)NCCn2nc(-c3cccs3)ccc2=O)cc1. The van der Waals surface area contributed by atoms with E-state index in [0.29, 0.717) is 19.5 Å². The van der Waals surface area contributed by atoms with Gasteiger partial charge in [0.15, 0.2) is 0 Å². The summed E-state index contributed by atoms with van der Waals surface area (Å²) < 4.78 is 1.39. The Morgan fingerprint density at radius 1 is 1.16 bits per heavy atom. The number of nitrogens with one attached hydrogen (secondary N) is 1. The van der Waals surface area contributed by atoms with Gasteiger partial charge in [0.25, 0.3) is 5.56 Å². The number of hydrogen-bond donors (Lipinski definition) is 1. The van der Waals surface area contributed by atoms with E-state index in [0.717, 1.165) is 16.1 Å². The molecule has 0 aliphatic heterocycles. The van der Waals surface area contributed by atoms with Crippen molar-refractivity contribution in [2.75, 3.05) is 6.54 Å². The first-order valence-electron chi connectivity index (χ1n) is 8.06. The Bertz CT molecular complexity index is 899. The Labute approximate surface area is 150 Å². The molecule has 0 spiro atoms. The molecule has 0 saturated heterocycles. The number of aryl methyl sites for hydroxylation is 1. The number of carbonyl (C=O) groups excluding carboxylic acids is 1. The van der Waals surface area contributed by atoms with Gasteiger partial charge in [0, 0.05) is 12.6 Å². The van der Waals surface area contributed by atoms with Gasteiger partial charge in [0.1, 0.15) is 5.69 Å². The lowest BCUT2D eigenvalue weighted by molar-refractivity contribution is -0.120.